The maximum absolute atomic E-state index is 12.5. The molecule has 0 heterocycles. The Kier molecular flexibility index (Phi) is 5.71. The van der Waals surface area contributed by atoms with Gasteiger partial charge in [-0.3, -0.25) is 9.59 Å². The minimum absolute atomic E-state index is 0.137. The van der Waals surface area contributed by atoms with Gasteiger partial charge in [-0.15, -0.1) is 0 Å². The van der Waals surface area contributed by atoms with E-state index in [4.69, 9.17) is 5.11 Å². The predicted molar refractivity (Wildman–Crippen MR) is 69.4 cm³/mol. The van der Waals surface area contributed by atoms with Gasteiger partial charge < -0.3 is 15.7 Å². The zero-order chi connectivity index (χ0) is 16.0. The lowest BCUT2D eigenvalue weighted by molar-refractivity contribution is -0.137. The Labute approximate surface area is 119 Å². The van der Waals surface area contributed by atoms with Gasteiger partial charge in [-0.05, 0) is 24.6 Å². The molecule has 1 aromatic carbocycles. The van der Waals surface area contributed by atoms with E-state index in [1.54, 1.807) is 6.92 Å². The number of carbonyl (C=O) groups is 2. The van der Waals surface area contributed by atoms with Crippen LogP contribution in [0.1, 0.15) is 18.9 Å². The zero-order valence-corrected chi connectivity index (χ0v) is 11.2. The Hall–Kier alpha value is -2.09. The normalized spacial score (nSPS) is 12.6. The first-order chi connectivity index (χ1) is 9.77. The number of benzene rings is 1. The van der Waals surface area contributed by atoms with Gasteiger partial charge in [0.1, 0.15) is 0 Å². The van der Waals surface area contributed by atoms with Crippen molar-refractivity contribution in [3.63, 3.8) is 0 Å². The first-order valence-corrected chi connectivity index (χ1v) is 6.18. The molecule has 0 saturated carbocycles. The Bertz CT molecular complexity index is 514. The van der Waals surface area contributed by atoms with Gasteiger partial charge in [-0.2, -0.15) is 13.2 Å². The molecule has 0 bridgehead atoms. The number of hydrogen-bond donors (Lipinski definition) is 3. The standard InChI is InChI=1S/C13H15F3N2O3/c1-2-9(7-19)17-11(20)12(21)18-10-5-3-4-8(6-10)13(14,15)16/h3-6,9,19H,2,7H2,1H3,(H,17,20)(H,18,21)/t9-/m0/s1. The van der Waals surface area contributed by atoms with E-state index in [1.807, 2.05) is 0 Å². The summed E-state index contributed by atoms with van der Waals surface area (Å²) >= 11 is 0. The van der Waals surface area contributed by atoms with Crippen molar-refractivity contribution in [1.29, 1.82) is 0 Å². The van der Waals surface area contributed by atoms with Crippen LogP contribution in [0.5, 0.6) is 0 Å². The number of aliphatic hydroxyl groups is 1. The first kappa shape index (κ1) is 17.0. The number of alkyl halides is 3. The number of nitrogens with one attached hydrogen (secondary N) is 2. The number of aliphatic hydroxyl groups excluding tert-OH is 1. The molecule has 3 N–H and O–H groups in total. The van der Waals surface area contributed by atoms with Gasteiger partial charge in [0, 0.05) is 5.69 Å². The van der Waals surface area contributed by atoms with Crippen LogP contribution in [0, 0.1) is 0 Å². The average molecular weight is 304 g/mol. The molecule has 0 unspecified atom stereocenters. The molecular weight excluding hydrogens is 289 g/mol. The van der Waals surface area contributed by atoms with Gasteiger partial charge in [-0.1, -0.05) is 13.0 Å². The maximum Gasteiger partial charge on any atom is 0.416 e. The van der Waals surface area contributed by atoms with Crippen molar-refractivity contribution in [2.75, 3.05) is 11.9 Å². The summed E-state index contributed by atoms with van der Waals surface area (Å²) in [6.07, 6.45) is -4.12. The molecule has 2 amide bonds. The molecule has 0 fully saturated rings. The summed E-state index contributed by atoms with van der Waals surface area (Å²) in [5.41, 5.74) is -1.07. The second-order valence-electron chi connectivity index (χ2n) is 4.29. The van der Waals surface area contributed by atoms with Crippen LogP contribution in [0.15, 0.2) is 24.3 Å². The van der Waals surface area contributed by atoms with Crippen molar-refractivity contribution in [2.24, 2.45) is 0 Å². The van der Waals surface area contributed by atoms with Crippen molar-refractivity contribution in [3.8, 4) is 0 Å². The summed E-state index contributed by atoms with van der Waals surface area (Å²) in [5, 5.41) is 13.2. The summed E-state index contributed by atoms with van der Waals surface area (Å²) in [7, 11) is 0. The summed E-state index contributed by atoms with van der Waals surface area (Å²) in [6.45, 7) is 1.37. The van der Waals surface area contributed by atoms with Crippen molar-refractivity contribution in [3.05, 3.63) is 29.8 Å². The summed E-state index contributed by atoms with van der Waals surface area (Å²) < 4.78 is 37.5. The molecule has 0 aliphatic carbocycles. The quantitative estimate of drug-likeness (QED) is 0.738. The Morgan fingerprint density at radius 1 is 1.29 bits per heavy atom. The summed E-state index contributed by atoms with van der Waals surface area (Å²) in [5.74, 6) is -2.12. The lowest BCUT2D eigenvalue weighted by Gasteiger charge is -2.14. The molecule has 8 heteroatoms. The van der Waals surface area contributed by atoms with Crippen LogP contribution in [0.25, 0.3) is 0 Å². The van der Waals surface area contributed by atoms with Gasteiger partial charge in [0.25, 0.3) is 0 Å². The summed E-state index contributed by atoms with van der Waals surface area (Å²) in [6, 6.07) is 3.37. The Morgan fingerprint density at radius 3 is 2.48 bits per heavy atom. The molecule has 0 radical (unpaired) electrons. The highest BCUT2D eigenvalue weighted by Crippen LogP contribution is 2.30. The molecule has 21 heavy (non-hydrogen) atoms. The van der Waals surface area contributed by atoms with Crippen LogP contribution in [0.4, 0.5) is 18.9 Å². The fourth-order valence-electron chi connectivity index (χ4n) is 1.49. The average Bonchev–Trinajstić information content (AvgIpc) is 2.43. The van der Waals surface area contributed by atoms with Crippen LogP contribution >= 0.6 is 0 Å². The Morgan fingerprint density at radius 2 is 1.95 bits per heavy atom. The lowest BCUT2D eigenvalue weighted by Crippen LogP contribution is -2.43. The highest BCUT2D eigenvalue weighted by molar-refractivity contribution is 6.39. The third-order valence-corrected chi connectivity index (χ3v) is 2.70. The molecule has 1 aromatic rings. The van der Waals surface area contributed by atoms with E-state index in [9.17, 15) is 22.8 Å². The minimum Gasteiger partial charge on any atom is -0.394 e. The molecule has 0 aliphatic heterocycles. The van der Waals surface area contributed by atoms with E-state index >= 15 is 0 Å². The van der Waals surface area contributed by atoms with Crippen LogP contribution in [-0.4, -0.2) is 29.6 Å². The highest BCUT2D eigenvalue weighted by Gasteiger charge is 2.30. The smallest absolute Gasteiger partial charge is 0.394 e. The van der Waals surface area contributed by atoms with E-state index in [0.29, 0.717) is 6.42 Å². The van der Waals surface area contributed by atoms with Crippen molar-refractivity contribution in [2.45, 2.75) is 25.6 Å². The topological polar surface area (TPSA) is 78.4 Å². The van der Waals surface area contributed by atoms with Crippen molar-refractivity contribution >= 4 is 17.5 Å². The molecule has 5 nitrogen and oxygen atoms in total. The fraction of sp³-hybridized carbons (Fsp3) is 0.385. The number of carbonyl (C=O) groups excluding carboxylic acids is 2. The molecule has 0 saturated heterocycles. The van der Waals surface area contributed by atoms with E-state index in [0.717, 1.165) is 18.2 Å². The number of rotatable bonds is 4. The maximum atomic E-state index is 12.5. The van der Waals surface area contributed by atoms with Gasteiger partial charge in [0.2, 0.25) is 0 Å². The number of anilines is 1. The summed E-state index contributed by atoms with van der Waals surface area (Å²) in [4.78, 5) is 23.1. The number of hydrogen-bond acceptors (Lipinski definition) is 3. The zero-order valence-electron chi connectivity index (χ0n) is 11.2. The molecule has 0 aromatic heterocycles. The third-order valence-electron chi connectivity index (χ3n) is 2.70. The third kappa shape index (κ3) is 5.07. The second kappa shape index (κ2) is 7.07. The van der Waals surface area contributed by atoms with Crippen LogP contribution < -0.4 is 10.6 Å². The van der Waals surface area contributed by atoms with E-state index < -0.39 is 29.6 Å². The SMILES string of the molecule is CC[C@@H](CO)NC(=O)C(=O)Nc1cccc(C(F)(F)F)c1. The van der Waals surface area contributed by atoms with Gasteiger partial charge in [0.05, 0.1) is 18.2 Å². The molecule has 1 rings (SSSR count). The number of amides is 2. The van der Waals surface area contributed by atoms with E-state index in [1.165, 1.54) is 6.07 Å². The van der Waals surface area contributed by atoms with Crippen LogP contribution in [0.2, 0.25) is 0 Å². The van der Waals surface area contributed by atoms with Gasteiger partial charge in [-0.25, -0.2) is 0 Å². The van der Waals surface area contributed by atoms with Gasteiger partial charge in [0.15, 0.2) is 0 Å². The molecule has 116 valence electrons. The highest BCUT2D eigenvalue weighted by atomic mass is 19.4. The molecule has 0 aliphatic rings. The molecule has 1 atom stereocenters. The molecule has 0 spiro atoms. The fourth-order valence-corrected chi connectivity index (χ4v) is 1.49. The number of halogens is 3. The van der Waals surface area contributed by atoms with E-state index in [2.05, 4.69) is 10.6 Å². The van der Waals surface area contributed by atoms with E-state index in [-0.39, 0.29) is 12.3 Å². The Balaban J connectivity index is 2.73. The monoisotopic (exact) mass is 304 g/mol. The largest absolute Gasteiger partial charge is 0.416 e. The second-order valence-corrected chi connectivity index (χ2v) is 4.29. The van der Waals surface area contributed by atoms with Crippen molar-refractivity contribution in [1.82, 2.24) is 5.32 Å². The van der Waals surface area contributed by atoms with Crippen LogP contribution in [0.3, 0.4) is 0 Å². The van der Waals surface area contributed by atoms with Gasteiger partial charge >= 0.3 is 18.0 Å². The van der Waals surface area contributed by atoms with Crippen molar-refractivity contribution < 1.29 is 27.9 Å². The van der Waals surface area contributed by atoms with Crippen LogP contribution in [-0.2, 0) is 15.8 Å². The predicted octanol–water partition coefficient (Wildman–Crippen LogP) is 1.53. The first-order valence-electron chi connectivity index (χ1n) is 6.18. The molecular formula is C13H15F3N2O3. The minimum atomic E-state index is -4.53. The lowest BCUT2D eigenvalue weighted by atomic mass is 10.2.